The molecule has 1 aliphatic rings. The summed E-state index contributed by atoms with van der Waals surface area (Å²) < 4.78 is 63.8. The van der Waals surface area contributed by atoms with Crippen LogP contribution in [-0.4, -0.2) is 56.0 Å². The van der Waals surface area contributed by atoms with Crippen molar-refractivity contribution in [1.29, 1.82) is 0 Å². The van der Waals surface area contributed by atoms with Crippen LogP contribution in [0.15, 0.2) is 29.0 Å². The second-order valence-corrected chi connectivity index (χ2v) is 7.86. The van der Waals surface area contributed by atoms with Gasteiger partial charge in [0, 0.05) is 24.9 Å². The van der Waals surface area contributed by atoms with Gasteiger partial charge in [-0.3, -0.25) is 9.79 Å². The summed E-state index contributed by atoms with van der Waals surface area (Å²) in [6, 6.07) is 1.63. The van der Waals surface area contributed by atoms with E-state index in [0.717, 1.165) is 16.7 Å². The molecule has 2 aromatic rings. The number of benzene rings is 1. The summed E-state index contributed by atoms with van der Waals surface area (Å²) in [5.74, 6) is -1.22. The number of alkyl halides is 3. The number of rotatable bonds is 5. The Morgan fingerprint density at radius 3 is 2.77 bits per heavy atom. The SMILES string of the molecule is CC1=CCC(CN=c2[nH][s+]([O-])nc2Nc2ccc(C(F)(F)F)c(C(=O)N(C)C)c2O)O1. The molecule has 0 bridgehead atoms. The topological polar surface area (TPSA) is 126 Å². The van der Waals surface area contributed by atoms with E-state index in [1.807, 2.05) is 13.0 Å². The van der Waals surface area contributed by atoms with Crippen molar-refractivity contribution in [3.8, 4) is 5.75 Å². The van der Waals surface area contributed by atoms with Crippen LogP contribution in [0.4, 0.5) is 24.7 Å². The van der Waals surface area contributed by atoms with Crippen LogP contribution in [0.2, 0.25) is 0 Å². The first-order valence-corrected chi connectivity index (χ1v) is 10.2. The first-order valence-electron chi connectivity index (χ1n) is 9.04. The number of phenols is 1. The van der Waals surface area contributed by atoms with Crippen molar-refractivity contribution < 1.29 is 32.4 Å². The van der Waals surface area contributed by atoms with Crippen molar-refractivity contribution in [1.82, 2.24) is 13.6 Å². The molecule has 2 atom stereocenters. The van der Waals surface area contributed by atoms with Gasteiger partial charge in [0.05, 0.1) is 29.1 Å². The summed E-state index contributed by atoms with van der Waals surface area (Å²) in [5.41, 5.74) is -2.32. The van der Waals surface area contributed by atoms with Crippen LogP contribution in [0.5, 0.6) is 5.75 Å². The molecule has 0 radical (unpaired) electrons. The summed E-state index contributed by atoms with van der Waals surface area (Å²) in [4.78, 5) is 17.5. The molecule has 1 amide bonds. The number of carbonyl (C=O) groups excluding carboxylic acids is 1. The minimum absolute atomic E-state index is 0.0562. The van der Waals surface area contributed by atoms with Crippen LogP contribution in [-0.2, 0) is 10.9 Å². The number of H-pyrrole nitrogens is 1. The normalized spacial score (nSPS) is 17.4. The van der Waals surface area contributed by atoms with Gasteiger partial charge >= 0.3 is 6.18 Å². The molecule has 13 heteroatoms. The second-order valence-electron chi connectivity index (χ2n) is 6.98. The van der Waals surface area contributed by atoms with Gasteiger partial charge < -0.3 is 24.6 Å². The van der Waals surface area contributed by atoms with E-state index in [4.69, 9.17) is 4.74 Å². The number of aromatic amines is 1. The molecule has 3 rings (SSSR count). The number of aromatic nitrogens is 2. The summed E-state index contributed by atoms with van der Waals surface area (Å²) >= 11 is -1.86. The molecule has 168 valence electrons. The van der Waals surface area contributed by atoms with E-state index in [-0.39, 0.29) is 29.6 Å². The lowest BCUT2D eigenvalue weighted by Crippen LogP contribution is -2.25. The number of anilines is 2. The van der Waals surface area contributed by atoms with E-state index in [0.29, 0.717) is 12.5 Å². The number of carbonyl (C=O) groups is 1. The maximum Gasteiger partial charge on any atom is 0.417 e. The predicted octanol–water partition coefficient (Wildman–Crippen LogP) is 2.90. The lowest BCUT2D eigenvalue weighted by molar-refractivity contribution is -0.138. The summed E-state index contributed by atoms with van der Waals surface area (Å²) in [6.45, 7) is 2.03. The number of nitrogens with one attached hydrogen (secondary N) is 2. The van der Waals surface area contributed by atoms with Gasteiger partial charge in [-0.1, -0.05) is 0 Å². The van der Waals surface area contributed by atoms with Crippen molar-refractivity contribution in [2.75, 3.05) is 26.0 Å². The Hall–Kier alpha value is -3.06. The molecule has 0 fully saturated rings. The van der Waals surface area contributed by atoms with E-state index in [1.165, 1.54) is 14.1 Å². The number of aromatic hydroxyl groups is 1. The Kier molecular flexibility index (Phi) is 6.27. The first kappa shape index (κ1) is 22.6. The first-order chi connectivity index (χ1) is 14.5. The number of amides is 1. The van der Waals surface area contributed by atoms with Gasteiger partial charge in [0.2, 0.25) is 11.3 Å². The minimum atomic E-state index is -4.86. The quantitative estimate of drug-likeness (QED) is 0.466. The Balaban J connectivity index is 1.97. The molecule has 2 unspecified atom stereocenters. The van der Waals surface area contributed by atoms with Gasteiger partial charge in [-0.15, -0.1) is 4.37 Å². The molecule has 3 N–H and O–H groups in total. The largest absolute Gasteiger partial charge is 0.548 e. The van der Waals surface area contributed by atoms with Crippen molar-refractivity contribution in [3.63, 3.8) is 0 Å². The number of ether oxygens (including phenoxy) is 1. The van der Waals surface area contributed by atoms with Crippen molar-refractivity contribution in [3.05, 3.63) is 40.6 Å². The van der Waals surface area contributed by atoms with Crippen LogP contribution in [0.25, 0.3) is 0 Å². The second kappa shape index (κ2) is 8.59. The van der Waals surface area contributed by atoms with E-state index >= 15 is 0 Å². The minimum Gasteiger partial charge on any atom is -0.548 e. The fraction of sp³-hybridized carbons (Fsp3) is 0.389. The summed E-state index contributed by atoms with van der Waals surface area (Å²) in [5, 5.41) is 13.1. The highest BCUT2D eigenvalue weighted by Gasteiger charge is 2.38. The average Bonchev–Trinajstić information content (AvgIpc) is 3.24. The third-order valence-electron chi connectivity index (χ3n) is 4.41. The zero-order chi connectivity index (χ0) is 22.9. The summed E-state index contributed by atoms with van der Waals surface area (Å²) in [6.07, 6.45) is -2.50. The number of hydrogen-bond acceptors (Lipinski definition) is 7. The number of phenolic OH excluding ortho intramolecular Hbond substituents is 1. The van der Waals surface area contributed by atoms with Crippen LogP contribution in [0.1, 0.15) is 29.3 Å². The zero-order valence-electron chi connectivity index (χ0n) is 16.8. The molecule has 0 spiro atoms. The van der Waals surface area contributed by atoms with Gasteiger partial charge in [0.25, 0.3) is 5.91 Å². The van der Waals surface area contributed by atoms with Crippen molar-refractivity contribution in [2.45, 2.75) is 25.6 Å². The Morgan fingerprint density at radius 2 is 2.19 bits per heavy atom. The smallest absolute Gasteiger partial charge is 0.417 e. The van der Waals surface area contributed by atoms with E-state index in [2.05, 4.69) is 19.1 Å². The molecule has 31 heavy (non-hydrogen) atoms. The zero-order valence-corrected chi connectivity index (χ0v) is 17.6. The number of halogens is 3. The predicted molar refractivity (Wildman–Crippen MR) is 105 cm³/mol. The Bertz CT molecular complexity index is 1090. The molecule has 0 saturated carbocycles. The van der Waals surface area contributed by atoms with Crippen molar-refractivity contribution in [2.24, 2.45) is 4.99 Å². The fourth-order valence-corrected chi connectivity index (χ4v) is 3.60. The number of nitrogens with zero attached hydrogens (tertiary/aromatic N) is 3. The van der Waals surface area contributed by atoms with Crippen LogP contribution >= 0.6 is 11.1 Å². The molecular weight excluding hydrogens is 439 g/mol. The lowest BCUT2D eigenvalue weighted by Gasteiger charge is -2.19. The van der Waals surface area contributed by atoms with E-state index in [9.17, 15) is 27.6 Å². The maximum absolute atomic E-state index is 13.4. The van der Waals surface area contributed by atoms with E-state index < -0.39 is 40.1 Å². The fourth-order valence-electron chi connectivity index (χ4n) is 2.93. The Morgan fingerprint density at radius 1 is 1.48 bits per heavy atom. The molecule has 1 aliphatic heterocycles. The Labute approximate surface area is 178 Å². The van der Waals surface area contributed by atoms with Gasteiger partial charge in [0.15, 0.2) is 16.9 Å². The number of hydrogen-bond donors (Lipinski definition) is 3. The number of allylic oxidation sites excluding steroid dienone is 1. The lowest BCUT2D eigenvalue weighted by atomic mass is 10.0. The molecule has 1 aromatic heterocycles. The van der Waals surface area contributed by atoms with Gasteiger partial charge in [-0.2, -0.15) is 13.2 Å². The molecule has 2 heterocycles. The molecule has 0 aliphatic carbocycles. The third kappa shape index (κ3) is 4.99. The molecular formula is C18H20F3N5O4S. The van der Waals surface area contributed by atoms with Crippen molar-refractivity contribution >= 4 is 28.6 Å². The molecule has 9 nitrogen and oxygen atoms in total. The van der Waals surface area contributed by atoms with E-state index in [1.54, 1.807) is 0 Å². The van der Waals surface area contributed by atoms with Crippen LogP contribution < -0.4 is 10.8 Å². The van der Waals surface area contributed by atoms with Crippen LogP contribution in [0, 0.1) is 0 Å². The van der Waals surface area contributed by atoms with Gasteiger partial charge in [-0.05, 0) is 25.1 Å². The highest BCUT2D eigenvalue weighted by molar-refractivity contribution is 7.13. The molecule has 0 saturated heterocycles. The summed E-state index contributed by atoms with van der Waals surface area (Å²) in [7, 11) is 2.53. The highest BCUT2D eigenvalue weighted by atomic mass is 32.2. The molecule has 1 aromatic carbocycles. The third-order valence-corrected chi connectivity index (χ3v) is 5.13. The average molecular weight is 459 g/mol. The standard InChI is InChI=1S/C18H20F3N5O4S/c1-9-4-5-10(30-9)8-22-15-16(25-31(29)24-15)23-12-7-6-11(18(19,20)21)13(14(12)27)17(28)26(2)3/h4,6-7,10,27H,5,8H2,1-3H3,(H,22,24)(H,23,25). The van der Waals surface area contributed by atoms with Gasteiger partial charge in [0.1, 0.15) is 6.10 Å². The maximum atomic E-state index is 13.4. The van der Waals surface area contributed by atoms with Gasteiger partial charge in [-0.25, -0.2) is 0 Å². The van der Waals surface area contributed by atoms with Crippen LogP contribution in [0.3, 0.4) is 0 Å². The monoisotopic (exact) mass is 459 g/mol. The highest BCUT2D eigenvalue weighted by Crippen LogP contribution is 2.40.